The van der Waals surface area contributed by atoms with E-state index in [0.717, 1.165) is 36.9 Å². The van der Waals surface area contributed by atoms with Gasteiger partial charge in [0.15, 0.2) is 6.54 Å². The lowest BCUT2D eigenvalue weighted by Gasteiger charge is -2.34. The summed E-state index contributed by atoms with van der Waals surface area (Å²) in [5.41, 5.74) is 3.16. The van der Waals surface area contributed by atoms with E-state index in [1.165, 1.54) is 16.2 Å². The molecule has 1 heterocycles. The Balaban J connectivity index is 1.52. The molecular weight excluding hydrogens is 357 g/mol. The maximum Gasteiger partial charge on any atom is 0.279 e. The maximum atomic E-state index is 12.2. The Bertz CT molecular complexity index is 758. The molecule has 6 heteroatoms. The van der Waals surface area contributed by atoms with Crippen LogP contribution in [0.25, 0.3) is 0 Å². The fourth-order valence-electron chi connectivity index (χ4n) is 3.16. The first kappa shape index (κ1) is 18.1. The van der Waals surface area contributed by atoms with E-state index in [-0.39, 0.29) is 5.91 Å². The van der Waals surface area contributed by atoms with Crippen LogP contribution in [-0.2, 0) is 4.79 Å². The number of nitrogens with zero attached hydrogens (tertiary/aromatic N) is 1. The number of benzene rings is 2. The second kappa shape index (κ2) is 8.09. The molecule has 0 aromatic heterocycles. The zero-order valence-electron chi connectivity index (χ0n) is 14.2. The van der Waals surface area contributed by atoms with Crippen molar-refractivity contribution in [2.75, 3.05) is 42.9 Å². The summed E-state index contributed by atoms with van der Waals surface area (Å²) in [6, 6.07) is 13.2. The van der Waals surface area contributed by atoms with Crippen LogP contribution in [0.4, 0.5) is 11.4 Å². The SMILES string of the molecule is Cc1ccc(Cl)cc1N1CC[NH+](CC(=O)Nc2cccc(Cl)c2)CC1. The number of anilines is 2. The molecule has 1 aliphatic heterocycles. The summed E-state index contributed by atoms with van der Waals surface area (Å²) in [5.74, 6) is 0.0182. The molecule has 2 aromatic carbocycles. The van der Waals surface area contributed by atoms with Crippen molar-refractivity contribution in [3.05, 3.63) is 58.1 Å². The van der Waals surface area contributed by atoms with Gasteiger partial charge in [-0.2, -0.15) is 0 Å². The molecule has 132 valence electrons. The Kier molecular flexibility index (Phi) is 5.84. The minimum absolute atomic E-state index is 0.0182. The average Bonchev–Trinajstić information content (AvgIpc) is 2.58. The Labute approximate surface area is 158 Å². The summed E-state index contributed by atoms with van der Waals surface area (Å²) in [6.45, 7) is 6.25. The average molecular weight is 379 g/mol. The van der Waals surface area contributed by atoms with Crippen LogP contribution in [0.2, 0.25) is 10.0 Å². The number of aryl methyl sites for hydroxylation is 1. The second-order valence-corrected chi connectivity index (χ2v) is 7.28. The predicted octanol–water partition coefficient (Wildman–Crippen LogP) is 2.65. The van der Waals surface area contributed by atoms with Crippen LogP contribution in [-0.4, -0.2) is 38.6 Å². The van der Waals surface area contributed by atoms with Gasteiger partial charge in [0.05, 0.1) is 26.2 Å². The van der Waals surface area contributed by atoms with Crippen molar-refractivity contribution in [1.29, 1.82) is 0 Å². The van der Waals surface area contributed by atoms with E-state index in [1.54, 1.807) is 12.1 Å². The van der Waals surface area contributed by atoms with Gasteiger partial charge in [-0.3, -0.25) is 4.79 Å². The first-order chi connectivity index (χ1) is 12.0. The van der Waals surface area contributed by atoms with Crippen molar-refractivity contribution in [1.82, 2.24) is 0 Å². The van der Waals surface area contributed by atoms with E-state index < -0.39 is 0 Å². The van der Waals surface area contributed by atoms with Crippen LogP contribution in [0.3, 0.4) is 0 Å². The number of piperazine rings is 1. The van der Waals surface area contributed by atoms with Crippen LogP contribution in [0.1, 0.15) is 5.56 Å². The zero-order valence-corrected chi connectivity index (χ0v) is 15.7. The van der Waals surface area contributed by atoms with Gasteiger partial charge in [0.1, 0.15) is 0 Å². The van der Waals surface area contributed by atoms with E-state index in [0.29, 0.717) is 11.6 Å². The highest BCUT2D eigenvalue weighted by molar-refractivity contribution is 6.31. The van der Waals surface area contributed by atoms with Gasteiger partial charge in [0.2, 0.25) is 0 Å². The van der Waals surface area contributed by atoms with Gasteiger partial charge in [-0.15, -0.1) is 0 Å². The van der Waals surface area contributed by atoms with Crippen molar-refractivity contribution in [3.63, 3.8) is 0 Å². The Morgan fingerprint density at radius 3 is 2.56 bits per heavy atom. The van der Waals surface area contributed by atoms with Crippen molar-refractivity contribution in [2.24, 2.45) is 0 Å². The summed E-state index contributed by atoms with van der Waals surface area (Å²) < 4.78 is 0. The molecule has 3 rings (SSSR count). The molecule has 0 unspecified atom stereocenters. The zero-order chi connectivity index (χ0) is 17.8. The highest BCUT2D eigenvalue weighted by atomic mass is 35.5. The number of hydrogen-bond donors (Lipinski definition) is 2. The summed E-state index contributed by atoms with van der Waals surface area (Å²) >= 11 is 12.1. The monoisotopic (exact) mass is 378 g/mol. The minimum Gasteiger partial charge on any atom is -0.360 e. The number of carbonyl (C=O) groups excluding carboxylic acids is 1. The maximum absolute atomic E-state index is 12.2. The first-order valence-corrected chi connectivity index (χ1v) is 9.17. The highest BCUT2D eigenvalue weighted by Crippen LogP contribution is 2.24. The molecule has 25 heavy (non-hydrogen) atoms. The molecule has 0 radical (unpaired) electrons. The fourth-order valence-corrected chi connectivity index (χ4v) is 3.52. The number of hydrogen-bond acceptors (Lipinski definition) is 2. The molecule has 1 saturated heterocycles. The second-order valence-electron chi connectivity index (χ2n) is 6.40. The summed E-state index contributed by atoms with van der Waals surface area (Å²) in [6.07, 6.45) is 0. The lowest BCUT2D eigenvalue weighted by Crippen LogP contribution is -3.15. The van der Waals surface area contributed by atoms with Crippen LogP contribution >= 0.6 is 23.2 Å². The number of carbonyl (C=O) groups is 1. The number of rotatable bonds is 4. The van der Waals surface area contributed by atoms with Gasteiger partial charge in [-0.05, 0) is 42.8 Å². The van der Waals surface area contributed by atoms with Crippen LogP contribution in [0.15, 0.2) is 42.5 Å². The largest absolute Gasteiger partial charge is 0.360 e. The molecule has 4 nitrogen and oxygen atoms in total. The Hall–Kier alpha value is -1.75. The van der Waals surface area contributed by atoms with Crippen LogP contribution < -0.4 is 15.1 Å². The van der Waals surface area contributed by atoms with Crippen molar-refractivity contribution in [2.45, 2.75) is 6.92 Å². The number of nitrogens with one attached hydrogen (secondary N) is 2. The van der Waals surface area contributed by atoms with Gasteiger partial charge < -0.3 is 15.1 Å². The summed E-state index contributed by atoms with van der Waals surface area (Å²) in [4.78, 5) is 15.9. The smallest absolute Gasteiger partial charge is 0.279 e. The van der Waals surface area contributed by atoms with Crippen molar-refractivity contribution in [3.8, 4) is 0 Å². The van der Waals surface area contributed by atoms with E-state index >= 15 is 0 Å². The van der Waals surface area contributed by atoms with Crippen LogP contribution in [0.5, 0.6) is 0 Å². The van der Waals surface area contributed by atoms with Gasteiger partial charge in [0, 0.05) is 21.4 Å². The fraction of sp³-hybridized carbons (Fsp3) is 0.316. The van der Waals surface area contributed by atoms with E-state index in [4.69, 9.17) is 23.2 Å². The van der Waals surface area contributed by atoms with Crippen molar-refractivity contribution >= 4 is 40.5 Å². The van der Waals surface area contributed by atoms with Gasteiger partial charge >= 0.3 is 0 Å². The third-order valence-electron chi connectivity index (χ3n) is 4.50. The van der Waals surface area contributed by atoms with Gasteiger partial charge in [0.25, 0.3) is 5.91 Å². The molecule has 0 aliphatic carbocycles. The first-order valence-electron chi connectivity index (χ1n) is 8.41. The van der Waals surface area contributed by atoms with Crippen LogP contribution in [0, 0.1) is 6.92 Å². The molecule has 2 N–H and O–H groups in total. The summed E-state index contributed by atoms with van der Waals surface area (Å²) in [7, 11) is 0. The molecule has 1 amide bonds. The molecule has 0 spiro atoms. The number of halogens is 2. The molecule has 1 aliphatic rings. The quantitative estimate of drug-likeness (QED) is 0.857. The molecular formula is C19H22Cl2N3O+. The molecule has 1 fully saturated rings. The van der Waals surface area contributed by atoms with Gasteiger partial charge in [-0.25, -0.2) is 0 Å². The normalized spacial score (nSPS) is 15.2. The van der Waals surface area contributed by atoms with E-state index in [9.17, 15) is 4.79 Å². The predicted molar refractivity (Wildman–Crippen MR) is 104 cm³/mol. The highest BCUT2D eigenvalue weighted by Gasteiger charge is 2.23. The third-order valence-corrected chi connectivity index (χ3v) is 4.97. The lowest BCUT2D eigenvalue weighted by molar-refractivity contribution is -0.892. The molecule has 0 atom stereocenters. The van der Waals surface area contributed by atoms with E-state index in [1.807, 2.05) is 24.3 Å². The number of amides is 1. The topological polar surface area (TPSA) is 36.8 Å². The lowest BCUT2D eigenvalue weighted by atomic mass is 10.1. The Morgan fingerprint density at radius 1 is 1.12 bits per heavy atom. The van der Waals surface area contributed by atoms with Gasteiger partial charge in [-0.1, -0.05) is 35.3 Å². The minimum atomic E-state index is 0.0182. The van der Waals surface area contributed by atoms with E-state index in [2.05, 4.69) is 23.2 Å². The molecule has 0 bridgehead atoms. The Morgan fingerprint density at radius 2 is 1.84 bits per heavy atom. The molecule has 0 saturated carbocycles. The molecule has 2 aromatic rings. The standard InChI is InChI=1S/C19H21Cl2N3O/c1-14-5-6-16(21)12-18(14)24-9-7-23(8-10-24)13-19(25)22-17-4-2-3-15(20)11-17/h2-6,11-12H,7-10,13H2,1H3,(H,22,25)/p+1. The summed E-state index contributed by atoms with van der Waals surface area (Å²) in [5, 5.41) is 4.30. The third kappa shape index (κ3) is 4.88. The van der Waals surface area contributed by atoms with Crippen molar-refractivity contribution < 1.29 is 9.69 Å². The number of quaternary nitrogens is 1.